The van der Waals surface area contributed by atoms with Crippen molar-refractivity contribution in [2.24, 2.45) is 5.14 Å². The van der Waals surface area contributed by atoms with Gasteiger partial charge in [-0.1, -0.05) is 30.0 Å². The number of anilines is 1. The lowest BCUT2D eigenvalue weighted by molar-refractivity contribution is 0.102. The number of primary sulfonamides is 1. The van der Waals surface area contributed by atoms with Gasteiger partial charge in [0.2, 0.25) is 10.0 Å². The molecule has 5 nitrogen and oxygen atoms in total. The maximum atomic E-state index is 13.2. The minimum absolute atomic E-state index is 0.102. The molecular weight excluding hydrogens is 379 g/mol. The molecule has 0 aliphatic rings. The number of carbonyl (C=O) groups is 1. The molecule has 28 heavy (non-hydrogen) atoms. The van der Waals surface area contributed by atoms with Gasteiger partial charge in [-0.15, -0.1) is 0 Å². The summed E-state index contributed by atoms with van der Waals surface area (Å²) < 4.78 is 36.4. The summed E-state index contributed by atoms with van der Waals surface area (Å²) in [6.45, 7) is 0. The number of hydrogen-bond donors (Lipinski definition) is 2. The number of nitrogens with one attached hydrogen (secondary N) is 1. The third kappa shape index (κ3) is 4.82. The van der Waals surface area contributed by atoms with E-state index in [1.54, 1.807) is 42.5 Å². The van der Waals surface area contributed by atoms with Crippen LogP contribution in [0, 0.1) is 17.7 Å². The average Bonchev–Trinajstić information content (AvgIpc) is 2.66. The van der Waals surface area contributed by atoms with Crippen molar-refractivity contribution in [3.8, 4) is 11.8 Å². The predicted molar refractivity (Wildman–Crippen MR) is 105 cm³/mol. The van der Waals surface area contributed by atoms with Crippen LogP contribution in [0.5, 0.6) is 0 Å². The van der Waals surface area contributed by atoms with Crippen LogP contribution < -0.4 is 10.5 Å². The number of amides is 1. The number of halogens is 1. The molecule has 3 aromatic rings. The highest BCUT2D eigenvalue weighted by Gasteiger charge is 2.15. The van der Waals surface area contributed by atoms with Crippen molar-refractivity contribution in [3.05, 3.63) is 95.3 Å². The van der Waals surface area contributed by atoms with Crippen LogP contribution in [-0.4, -0.2) is 14.3 Å². The molecule has 0 bridgehead atoms. The van der Waals surface area contributed by atoms with E-state index in [1.807, 2.05) is 0 Å². The van der Waals surface area contributed by atoms with E-state index >= 15 is 0 Å². The van der Waals surface area contributed by atoms with Crippen molar-refractivity contribution in [2.75, 3.05) is 5.32 Å². The Labute approximate surface area is 162 Å². The monoisotopic (exact) mass is 394 g/mol. The van der Waals surface area contributed by atoms with Gasteiger partial charge in [-0.25, -0.2) is 17.9 Å². The minimum atomic E-state index is -3.96. The quantitative estimate of drug-likeness (QED) is 0.669. The highest BCUT2D eigenvalue weighted by Crippen LogP contribution is 2.20. The Bertz CT molecular complexity index is 1190. The molecule has 3 N–H and O–H groups in total. The maximum Gasteiger partial charge on any atom is 0.255 e. The molecule has 0 aliphatic carbocycles. The molecule has 1 amide bonds. The lowest BCUT2D eigenvalue weighted by atomic mass is 10.1. The number of sulfonamides is 1. The van der Waals surface area contributed by atoms with Gasteiger partial charge in [0.25, 0.3) is 5.91 Å². The van der Waals surface area contributed by atoms with Crippen LogP contribution in [0.15, 0.2) is 77.7 Å². The van der Waals surface area contributed by atoms with Crippen molar-refractivity contribution in [1.82, 2.24) is 0 Å². The lowest BCUT2D eigenvalue weighted by Gasteiger charge is -2.09. The van der Waals surface area contributed by atoms with Gasteiger partial charge in [0.1, 0.15) is 10.7 Å². The van der Waals surface area contributed by atoms with Crippen LogP contribution in [0.4, 0.5) is 10.1 Å². The molecule has 0 radical (unpaired) electrons. The Morgan fingerprint density at radius 3 is 2.25 bits per heavy atom. The smallest absolute Gasteiger partial charge is 0.255 e. The Hall–Kier alpha value is -3.47. The highest BCUT2D eigenvalue weighted by molar-refractivity contribution is 7.89. The van der Waals surface area contributed by atoms with Gasteiger partial charge in [-0.3, -0.25) is 4.79 Å². The second-order valence-corrected chi connectivity index (χ2v) is 7.36. The first-order chi connectivity index (χ1) is 13.3. The molecule has 0 unspecified atom stereocenters. The molecule has 3 rings (SSSR count). The molecule has 3 aromatic carbocycles. The molecule has 140 valence electrons. The van der Waals surface area contributed by atoms with Crippen LogP contribution in [0.3, 0.4) is 0 Å². The Morgan fingerprint density at radius 1 is 0.893 bits per heavy atom. The summed E-state index contributed by atoms with van der Waals surface area (Å²) >= 11 is 0. The zero-order chi connectivity index (χ0) is 20.1. The number of hydrogen-bond acceptors (Lipinski definition) is 3. The number of rotatable bonds is 3. The summed E-state index contributed by atoms with van der Waals surface area (Å²) in [5.74, 6) is 4.88. The SMILES string of the molecule is NS(=O)(=O)c1ccccc1NC(=O)c1ccc(C#Cc2cccc(F)c2)cc1. The van der Waals surface area contributed by atoms with Crippen LogP contribution in [0.2, 0.25) is 0 Å². The molecule has 0 heterocycles. The van der Waals surface area contributed by atoms with E-state index in [0.29, 0.717) is 16.7 Å². The van der Waals surface area contributed by atoms with Gasteiger partial charge < -0.3 is 5.32 Å². The zero-order valence-corrected chi connectivity index (χ0v) is 15.3. The third-order valence-electron chi connectivity index (χ3n) is 3.76. The molecule has 0 aromatic heterocycles. The fourth-order valence-electron chi connectivity index (χ4n) is 2.43. The van der Waals surface area contributed by atoms with Crippen molar-refractivity contribution in [1.29, 1.82) is 0 Å². The van der Waals surface area contributed by atoms with Gasteiger partial charge in [0.05, 0.1) is 5.69 Å². The number of para-hydroxylation sites is 1. The topological polar surface area (TPSA) is 89.3 Å². The first-order valence-electron chi connectivity index (χ1n) is 8.14. The Kier molecular flexibility index (Phi) is 5.54. The normalized spacial score (nSPS) is 10.6. The molecular formula is C21H15FN2O3S. The van der Waals surface area contributed by atoms with Gasteiger partial charge in [-0.2, -0.15) is 0 Å². The summed E-state index contributed by atoms with van der Waals surface area (Å²) in [6.07, 6.45) is 0. The van der Waals surface area contributed by atoms with E-state index in [9.17, 15) is 17.6 Å². The van der Waals surface area contributed by atoms with E-state index in [1.165, 1.54) is 30.3 Å². The van der Waals surface area contributed by atoms with Crippen molar-refractivity contribution in [3.63, 3.8) is 0 Å². The Morgan fingerprint density at radius 2 is 1.57 bits per heavy atom. The predicted octanol–water partition coefficient (Wildman–Crippen LogP) is 3.13. The zero-order valence-electron chi connectivity index (χ0n) is 14.5. The summed E-state index contributed by atoms with van der Waals surface area (Å²) in [6, 6.07) is 18.2. The molecule has 0 saturated carbocycles. The first-order valence-corrected chi connectivity index (χ1v) is 9.68. The highest BCUT2D eigenvalue weighted by atomic mass is 32.2. The average molecular weight is 394 g/mol. The van der Waals surface area contributed by atoms with Crippen LogP contribution in [0.1, 0.15) is 21.5 Å². The van der Waals surface area contributed by atoms with Gasteiger partial charge >= 0.3 is 0 Å². The second-order valence-electron chi connectivity index (χ2n) is 5.83. The fraction of sp³-hybridized carbons (Fsp3) is 0. The molecule has 0 atom stereocenters. The fourth-order valence-corrected chi connectivity index (χ4v) is 3.12. The first kappa shape index (κ1) is 19.3. The maximum absolute atomic E-state index is 13.2. The van der Waals surface area contributed by atoms with Crippen LogP contribution in [-0.2, 0) is 10.0 Å². The van der Waals surface area contributed by atoms with Gasteiger partial charge in [0.15, 0.2) is 0 Å². The summed E-state index contributed by atoms with van der Waals surface area (Å²) in [5.41, 5.74) is 1.61. The van der Waals surface area contributed by atoms with E-state index in [4.69, 9.17) is 5.14 Å². The Balaban J connectivity index is 1.77. The summed E-state index contributed by atoms with van der Waals surface area (Å²) in [7, 11) is -3.96. The van der Waals surface area contributed by atoms with Crippen LogP contribution >= 0.6 is 0 Å². The van der Waals surface area contributed by atoms with Crippen molar-refractivity contribution >= 4 is 21.6 Å². The van der Waals surface area contributed by atoms with E-state index in [-0.39, 0.29) is 16.4 Å². The lowest BCUT2D eigenvalue weighted by Crippen LogP contribution is -2.18. The van der Waals surface area contributed by atoms with Crippen LogP contribution in [0.25, 0.3) is 0 Å². The number of benzene rings is 3. The molecule has 0 aliphatic heterocycles. The van der Waals surface area contributed by atoms with Gasteiger partial charge in [-0.05, 0) is 54.6 Å². The number of carbonyl (C=O) groups excluding carboxylic acids is 1. The number of nitrogens with two attached hydrogens (primary N) is 1. The molecule has 0 fully saturated rings. The van der Waals surface area contributed by atoms with Gasteiger partial charge in [0, 0.05) is 16.7 Å². The molecule has 0 saturated heterocycles. The minimum Gasteiger partial charge on any atom is -0.321 e. The summed E-state index contributed by atoms with van der Waals surface area (Å²) in [5, 5.41) is 7.71. The molecule has 0 spiro atoms. The largest absolute Gasteiger partial charge is 0.321 e. The third-order valence-corrected chi connectivity index (χ3v) is 4.73. The van der Waals surface area contributed by atoms with E-state index in [2.05, 4.69) is 17.2 Å². The second kappa shape index (κ2) is 8.05. The molecule has 7 heteroatoms. The standard InChI is InChI=1S/C21H15FN2O3S/c22-18-5-3-4-16(14-18)9-8-15-10-12-17(13-11-15)21(25)24-19-6-1-2-7-20(19)28(23,26)27/h1-7,10-14H,(H,24,25)(H2,23,26,27). The van der Waals surface area contributed by atoms with E-state index in [0.717, 1.165) is 0 Å². The van der Waals surface area contributed by atoms with Crippen molar-refractivity contribution < 1.29 is 17.6 Å². The summed E-state index contributed by atoms with van der Waals surface area (Å²) in [4.78, 5) is 12.2. The van der Waals surface area contributed by atoms with Crippen molar-refractivity contribution in [2.45, 2.75) is 4.90 Å². The van der Waals surface area contributed by atoms with E-state index < -0.39 is 15.9 Å².